The Bertz CT molecular complexity index is 975. The van der Waals surface area contributed by atoms with Gasteiger partial charge in [-0.1, -0.05) is 47.6 Å². The van der Waals surface area contributed by atoms with Crippen LogP contribution >= 0.6 is 0 Å². The summed E-state index contributed by atoms with van der Waals surface area (Å²) in [4.78, 5) is 27.5. The van der Waals surface area contributed by atoms with Crippen LogP contribution in [0, 0.1) is 5.82 Å². The molecule has 3 aromatic rings. The molecule has 1 amide bonds. The number of carboxylic acids is 1. The number of halogens is 1. The molecule has 8 heteroatoms. The van der Waals surface area contributed by atoms with Gasteiger partial charge in [0.05, 0.1) is 12.0 Å². The van der Waals surface area contributed by atoms with Crippen LogP contribution in [0.15, 0.2) is 59.1 Å². The Balaban J connectivity index is 1.56. The van der Waals surface area contributed by atoms with E-state index in [1.165, 1.54) is 12.1 Å². The molecule has 0 unspecified atom stereocenters. The molecule has 0 bridgehead atoms. The number of benzene rings is 2. The molecule has 7 nitrogen and oxygen atoms in total. The highest BCUT2D eigenvalue weighted by Gasteiger charge is 2.18. The predicted octanol–water partition coefficient (Wildman–Crippen LogP) is 3.01. The lowest BCUT2D eigenvalue weighted by molar-refractivity contribution is -0.137. The SMILES string of the molecule is O=C(O)C[C@@H](Cc1ccccc1)NC(=O)CCc1nc(-c2ccccc2F)no1. The normalized spacial score (nSPS) is 11.8. The van der Waals surface area contributed by atoms with Gasteiger partial charge >= 0.3 is 5.97 Å². The van der Waals surface area contributed by atoms with E-state index >= 15 is 0 Å². The number of hydrogen-bond donors (Lipinski definition) is 2. The highest BCUT2D eigenvalue weighted by molar-refractivity contribution is 5.77. The van der Waals surface area contributed by atoms with Gasteiger partial charge in [-0.3, -0.25) is 9.59 Å². The second-order valence-electron chi connectivity index (χ2n) is 6.54. The number of amides is 1. The second-order valence-corrected chi connectivity index (χ2v) is 6.54. The minimum Gasteiger partial charge on any atom is -0.481 e. The van der Waals surface area contributed by atoms with Gasteiger partial charge in [0.15, 0.2) is 0 Å². The van der Waals surface area contributed by atoms with Crippen molar-refractivity contribution < 1.29 is 23.6 Å². The van der Waals surface area contributed by atoms with E-state index in [0.717, 1.165) is 5.56 Å². The summed E-state index contributed by atoms with van der Waals surface area (Å²) in [5.41, 5.74) is 1.15. The summed E-state index contributed by atoms with van der Waals surface area (Å²) in [7, 11) is 0. The minimum absolute atomic E-state index is 0.0455. The van der Waals surface area contributed by atoms with Crippen LogP contribution in [0.2, 0.25) is 0 Å². The number of hydrogen-bond acceptors (Lipinski definition) is 5. The molecule has 0 radical (unpaired) electrons. The first-order valence-corrected chi connectivity index (χ1v) is 9.14. The molecule has 150 valence electrons. The van der Waals surface area contributed by atoms with E-state index in [1.807, 2.05) is 30.3 Å². The molecular weight excluding hydrogens is 377 g/mol. The molecule has 0 fully saturated rings. The van der Waals surface area contributed by atoms with Gasteiger partial charge < -0.3 is 14.9 Å². The van der Waals surface area contributed by atoms with Crippen molar-refractivity contribution in [2.75, 3.05) is 0 Å². The molecule has 3 rings (SSSR count). The number of carbonyl (C=O) groups excluding carboxylic acids is 1. The van der Waals surface area contributed by atoms with Gasteiger partial charge in [0.2, 0.25) is 17.6 Å². The van der Waals surface area contributed by atoms with E-state index < -0.39 is 17.8 Å². The lowest BCUT2D eigenvalue weighted by Gasteiger charge is -2.17. The summed E-state index contributed by atoms with van der Waals surface area (Å²) in [6, 6.07) is 14.9. The van der Waals surface area contributed by atoms with Crippen molar-refractivity contribution in [3.05, 3.63) is 71.9 Å². The Morgan fingerprint density at radius 2 is 1.83 bits per heavy atom. The lowest BCUT2D eigenvalue weighted by atomic mass is 10.0. The molecule has 29 heavy (non-hydrogen) atoms. The standard InChI is InChI=1S/C21H20FN3O4/c22-17-9-5-4-8-16(17)21-24-19(29-25-21)11-10-18(26)23-15(13-20(27)28)12-14-6-2-1-3-7-14/h1-9,15H,10-13H2,(H,23,26)(H,27,28)/t15-/m1/s1. The van der Waals surface area contributed by atoms with Gasteiger partial charge in [0.1, 0.15) is 5.82 Å². The van der Waals surface area contributed by atoms with Crippen LogP contribution in [0.5, 0.6) is 0 Å². The molecule has 0 aliphatic carbocycles. The number of carboxylic acid groups (broad SMARTS) is 1. The van der Waals surface area contributed by atoms with E-state index in [4.69, 9.17) is 9.63 Å². The molecule has 1 heterocycles. The molecular formula is C21H20FN3O4. The maximum absolute atomic E-state index is 13.8. The zero-order chi connectivity index (χ0) is 20.6. The summed E-state index contributed by atoms with van der Waals surface area (Å²) in [6.45, 7) is 0. The molecule has 1 aromatic heterocycles. The van der Waals surface area contributed by atoms with Crippen molar-refractivity contribution in [2.45, 2.75) is 31.7 Å². The minimum atomic E-state index is -0.988. The Morgan fingerprint density at radius 3 is 2.55 bits per heavy atom. The van der Waals surface area contributed by atoms with Gasteiger partial charge in [-0.25, -0.2) is 4.39 Å². The van der Waals surface area contributed by atoms with Crippen LogP contribution in [0.25, 0.3) is 11.4 Å². The van der Waals surface area contributed by atoms with E-state index in [0.29, 0.717) is 6.42 Å². The van der Waals surface area contributed by atoms with E-state index in [2.05, 4.69) is 15.5 Å². The molecule has 0 aliphatic rings. The highest BCUT2D eigenvalue weighted by atomic mass is 19.1. The number of rotatable bonds is 9. The third-order valence-corrected chi connectivity index (χ3v) is 4.26. The molecule has 0 saturated carbocycles. The summed E-state index contributed by atoms with van der Waals surface area (Å²) in [5, 5.41) is 15.6. The van der Waals surface area contributed by atoms with E-state index in [9.17, 15) is 14.0 Å². The fraction of sp³-hybridized carbons (Fsp3) is 0.238. The molecule has 0 spiro atoms. The number of aryl methyl sites for hydroxylation is 1. The van der Waals surface area contributed by atoms with Crippen LogP contribution in [-0.2, 0) is 22.4 Å². The first-order chi connectivity index (χ1) is 14.0. The smallest absolute Gasteiger partial charge is 0.305 e. The van der Waals surface area contributed by atoms with Gasteiger partial charge in [0.25, 0.3) is 0 Å². The van der Waals surface area contributed by atoms with Crippen molar-refractivity contribution >= 4 is 11.9 Å². The molecule has 2 N–H and O–H groups in total. The monoisotopic (exact) mass is 397 g/mol. The maximum atomic E-state index is 13.8. The Hall–Kier alpha value is -3.55. The third kappa shape index (κ3) is 5.97. The summed E-state index contributed by atoms with van der Waals surface area (Å²) in [5.74, 6) is -1.45. The zero-order valence-electron chi connectivity index (χ0n) is 15.5. The lowest BCUT2D eigenvalue weighted by Crippen LogP contribution is -2.38. The zero-order valence-corrected chi connectivity index (χ0v) is 15.5. The van der Waals surface area contributed by atoms with Crippen molar-refractivity contribution in [1.82, 2.24) is 15.5 Å². The third-order valence-electron chi connectivity index (χ3n) is 4.26. The number of aromatic nitrogens is 2. The van der Waals surface area contributed by atoms with Gasteiger partial charge in [-0.05, 0) is 24.1 Å². The Morgan fingerprint density at radius 1 is 1.10 bits per heavy atom. The average Bonchev–Trinajstić information content (AvgIpc) is 3.16. The number of carbonyl (C=O) groups is 2. The largest absolute Gasteiger partial charge is 0.481 e. The van der Waals surface area contributed by atoms with Crippen molar-refractivity contribution in [1.29, 1.82) is 0 Å². The fourth-order valence-corrected chi connectivity index (χ4v) is 2.91. The maximum Gasteiger partial charge on any atom is 0.305 e. The van der Waals surface area contributed by atoms with Crippen LogP contribution in [0.3, 0.4) is 0 Å². The van der Waals surface area contributed by atoms with Crippen molar-refractivity contribution in [2.24, 2.45) is 0 Å². The van der Waals surface area contributed by atoms with Crippen LogP contribution in [0.4, 0.5) is 4.39 Å². The van der Waals surface area contributed by atoms with E-state index in [1.54, 1.807) is 12.1 Å². The topological polar surface area (TPSA) is 105 Å². The molecule has 0 aliphatic heterocycles. The predicted molar refractivity (Wildman–Crippen MR) is 102 cm³/mol. The fourth-order valence-electron chi connectivity index (χ4n) is 2.91. The first-order valence-electron chi connectivity index (χ1n) is 9.14. The van der Waals surface area contributed by atoms with Crippen molar-refractivity contribution in [3.8, 4) is 11.4 Å². The quantitative estimate of drug-likeness (QED) is 0.575. The summed E-state index contributed by atoms with van der Waals surface area (Å²) < 4.78 is 18.9. The van der Waals surface area contributed by atoms with Gasteiger partial charge in [-0.15, -0.1) is 0 Å². The van der Waals surface area contributed by atoms with Crippen LogP contribution in [-0.4, -0.2) is 33.2 Å². The van der Waals surface area contributed by atoms with Crippen LogP contribution < -0.4 is 5.32 Å². The Kier molecular flexibility index (Phi) is 6.67. The van der Waals surface area contributed by atoms with Crippen LogP contribution in [0.1, 0.15) is 24.3 Å². The van der Waals surface area contributed by atoms with Crippen molar-refractivity contribution in [3.63, 3.8) is 0 Å². The van der Waals surface area contributed by atoms with Gasteiger partial charge in [-0.2, -0.15) is 4.98 Å². The number of aliphatic carboxylic acids is 1. The number of nitrogens with zero attached hydrogens (tertiary/aromatic N) is 2. The van der Waals surface area contributed by atoms with E-state index in [-0.39, 0.29) is 42.4 Å². The summed E-state index contributed by atoms with van der Waals surface area (Å²) >= 11 is 0. The Labute approximate surface area is 166 Å². The number of nitrogens with one attached hydrogen (secondary N) is 1. The van der Waals surface area contributed by atoms with Gasteiger partial charge in [0, 0.05) is 18.9 Å². The molecule has 0 saturated heterocycles. The first kappa shape index (κ1) is 20.2. The highest BCUT2D eigenvalue weighted by Crippen LogP contribution is 2.19. The average molecular weight is 397 g/mol. The second kappa shape index (κ2) is 9.59. The molecule has 1 atom stereocenters. The molecule has 2 aromatic carbocycles. The summed E-state index contributed by atoms with van der Waals surface area (Å²) in [6.07, 6.45) is 0.442.